The van der Waals surface area contributed by atoms with Crippen LogP contribution >= 0.6 is 0 Å². The third-order valence-electron chi connectivity index (χ3n) is 0.636. The van der Waals surface area contributed by atoms with E-state index in [0.29, 0.717) is 6.61 Å². The average Bonchev–Trinajstić information content (AvgIpc) is 1.59. The van der Waals surface area contributed by atoms with Gasteiger partial charge in [0.1, 0.15) is 0 Å². The summed E-state index contributed by atoms with van der Waals surface area (Å²) in [7, 11) is 0. The molecule has 1 N–H and O–H groups in total. The van der Waals surface area contributed by atoms with Crippen molar-refractivity contribution in [1.82, 2.24) is 5.73 Å². The zero-order valence-electron chi connectivity index (χ0n) is 6.02. The van der Waals surface area contributed by atoms with Gasteiger partial charge in [-0.05, 0) is 5.41 Å². The lowest BCUT2D eigenvalue weighted by atomic mass is 9.99. The van der Waals surface area contributed by atoms with Gasteiger partial charge in [-0.25, -0.2) is 10.5 Å². The molecule has 1 radical (unpaired) electrons. The molecule has 0 saturated heterocycles. The molecule has 0 bridgehead atoms. The zero-order chi connectivity index (χ0) is 7.49. The second-order valence-electron chi connectivity index (χ2n) is 3.14. The Bertz CT molecular complexity index is 104. The Morgan fingerprint density at radius 3 is 2.11 bits per heavy atom. The highest BCUT2D eigenvalue weighted by atomic mass is 16.5. The molecule has 53 valence electrons. The second-order valence-corrected chi connectivity index (χ2v) is 3.14. The standard InChI is InChI=1S/C6H12NO2/c1-6(2,3)4-9-5(7)8/h7H,4H2,1-3H3. The number of amides is 1. The topological polar surface area (TPSA) is 50.1 Å². The number of nitrogens with one attached hydrogen (secondary N) is 1. The van der Waals surface area contributed by atoms with E-state index in [1.165, 1.54) is 0 Å². The van der Waals surface area contributed by atoms with Crippen LogP contribution in [0.15, 0.2) is 0 Å². The van der Waals surface area contributed by atoms with Gasteiger partial charge in [0, 0.05) is 0 Å². The second kappa shape index (κ2) is 2.71. The van der Waals surface area contributed by atoms with E-state index in [-0.39, 0.29) is 5.41 Å². The molecule has 0 rings (SSSR count). The maximum absolute atomic E-state index is 9.93. The third-order valence-corrected chi connectivity index (χ3v) is 0.636. The number of hydrogen-bond acceptors (Lipinski definition) is 2. The molecule has 0 atom stereocenters. The van der Waals surface area contributed by atoms with Gasteiger partial charge < -0.3 is 4.74 Å². The Morgan fingerprint density at radius 1 is 1.56 bits per heavy atom. The van der Waals surface area contributed by atoms with Gasteiger partial charge in [-0.15, -0.1) is 0 Å². The molecule has 0 spiro atoms. The molecule has 3 heteroatoms. The summed E-state index contributed by atoms with van der Waals surface area (Å²) in [5, 5.41) is 0. The number of ether oxygens (including phenoxy) is 1. The smallest absolute Gasteiger partial charge is 0.426 e. The minimum atomic E-state index is -0.954. The molecule has 0 aliphatic carbocycles. The highest BCUT2D eigenvalue weighted by Crippen LogP contribution is 2.12. The van der Waals surface area contributed by atoms with Crippen molar-refractivity contribution in [1.29, 1.82) is 0 Å². The van der Waals surface area contributed by atoms with Crippen LogP contribution in [-0.2, 0) is 4.74 Å². The van der Waals surface area contributed by atoms with Crippen molar-refractivity contribution >= 4 is 6.09 Å². The predicted molar refractivity (Wildman–Crippen MR) is 33.9 cm³/mol. The van der Waals surface area contributed by atoms with Crippen LogP contribution in [0.1, 0.15) is 20.8 Å². The first-order valence-electron chi connectivity index (χ1n) is 2.80. The van der Waals surface area contributed by atoms with Crippen LogP contribution in [0.5, 0.6) is 0 Å². The van der Waals surface area contributed by atoms with Gasteiger partial charge in [0.2, 0.25) is 0 Å². The molecule has 3 nitrogen and oxygen atoms in total. The average molecular weight is 130 g/mol. The molecule has 0 aliphatic heterocycles. The van der Waals surface area contributed by atoms with E-state index in [0.717, 1.165) is 0 Å². The van der Waals surface area contributed by atoms with Crippen molar-refractivity contribution < 1.29 is 9.53 Å². The van der Waals surface area contributed by atoms with E-state index >= 15 is 0 Å². The van der Waals surface area contributed by atoms with Crippen molar-refractivity contribution in [2.45, 2.75) is 20.8 Å². The summed E-state index contributed by atoms with van der Waals surface area (Å²) in [6.45, 7) is 6.14. The lowest BCUT2D eigenvalue weighted by Gasteiger charge is -2.15. The van der Waals surface area contributed by atoms with Crippen molar-refractivity contribution in [3.63, 3.8) is 0 Å². The van der Waals surface area contributed by atoms with Crippen LogP contribution in [0.2, 0.25) is 0 Å². The van der Waals surface area contributed by atoms with Crippen molar-refractivity contribution in [3.8, 4) is 0 Å². The number of hydrogen-bond donors (Lipinski definition) is 0. The number of rotatable bonds is 1. The molecule has 0 aliphatic rings. The predicted octanol–water partition coefficient (Wildman–Crippen LogP) is 1.45. The highest BCUT2D eigenvalue weighted by molar-refractivity contribution is 5.63. The van der Waals surface area contributed by atoms with Crippen LogP contribution in [0.3, 0.4) is 0 Å². The first kappa shape index (κ1) is 8.27. The Labute approximate surface area is 55.2 Å². The Balaban J connectivity index is 3.39. The minimum Gasteiger partial charge on any atom is -0.448 e. The lowest BCUT2D eigenvalue weighted by molar-refractivity contribution is 0.113. The Kier molecular flexibility index (Phi) is 2.49. The van der Waals surface area contributed by atoms with Gasteiger partial charge in [0.05, 0.1) is 6.61 Å². The van der Waals surface area contributed by atoms with Crippen LogP contribution in [0, 0.1) is 5.41 Å². The maximum atomic E-state index is 9.93. The van der Waals surface area contributed by atoms with Gasteiger partial charge in [-0.2, -0.15) is 0 Å². The molecule has 0 unspecified atom stereocenters. The monoisotopic (exact) mass is 130 g/mol. The van der Waals surface area contributed by atoms with E-state index < -0.39 is 6.09 Å². The van der Waals surface area contributed by atoms with Crippen LogP contribution in [0.4, 0.5) is 4.79 Å². The summed E-state index contributed by atoms with van der Waals surface area (Å²) >= 11 is 0. The van der Waals surface area contributed by atoms with E-state index in [9.17, 15) is 4.79 Å². The molecule has 9 heavy (non-hydrogen) atoms. The molecule has 1 amide bonds. The fraction of sp³-hybridized carbons (Fsp3) is 0.833. The van der Waals surface area contributed by atoms with E-state index in [1.54, 1.807) is 0 Å². The zero-order valence-corrected chi connectivity index (χ0v) is 6.02. The van der Waals surface area contributed by atoms with Crippen molar-refractivity contribution in [3.05, 3.63) is 0 Å². The fourth-order valence-electron chi connectivity index (χ4n) is 0.282. The Hall–Kier alpha value is -0.730. The van der Waals surface area contributed by atoms with Gasteiger partial charge in [0.15, 0.2) is 0 Å². The lowest BCUT2D eigenvalue weighted by Crippen LogP contribution is -2.17. The van der Waals surface area contributed by atoms with E-state index in [1.807, 2.05) is 20.8 Å². The SMILES string of the molecule is CC(C)(C)COC([NH])=O. The molecule has 0 fully saturated rings. The summed E-state index contributed by atoms with van der Waals surface area (Å²) in [4.78, 5) is 9.93. The van der Waals surface area contributed by atoms with Gasteiger partial charge in [-0.3, -0.25) is 0 Å². The van der Waals surface area contributed by atoms with Gasteiger partial charge in [-0.1, -0.05) is 20.8 Å². The van der Waals surface area contributed by atoms with E-state index in [2.05, 4.69) is 4.74 Å². The third kappa shape index (κ3) is 7.27. The Morgan fingerprint density at radius 2 is 2.00 bits per heavy atom. The largest absolute Gasteiger partial charge is 0.448 e. The first-order valence-corrected chi connectivity index (χ1v) is 2.80. The molecular formula is C6H12NO2. The summed E-state index contributed by atoms with van der Waals surface area (Å²) in [6, 6.07) is 0. The minimum absolute atomic E-state index is 0.0310. The molecule has 0 aromatic heterocycles. The summed E-state index contributed by atoms with van der Waals surface area (Å²) in [5.74, 6) is 0. The van der Waals surface area contributed by atoms with Crippen LogP contribution < -0.4 is 5.73 Å². The maximum Gasteiger partial charge on any atom is 0.426 e. The normalized spacial score (nSPS) is 11.0. The summed E-state index contributed by atoms with van der Waals surface area (Å²) in [6.07, 6.45) is -0.954. The number of carbonyl (C=O) groups excluding carboxylic acids is 1. The van der Waals surface area contributed by atoms with Gasteiger partial charge in [0.25, 0.3) is 0 Å². The fourth-order valence-corrected chi connectivity index (χ4v) is 0.282. The van der Waals surface area contributed by atoms with Crippen LogP contribution in [-0.4, -0.2) is 12.7 Å². The quantitative estimate of drug-likeness (QED) is 0.539. The molecule has 0 heterocycles. The van der Waals surface area contributed by atoms with Crippen molar-refractivity contribution in [2.24, 2.45) is 5.41 Å². The summed E-state index contributed by atoms with van der Waals surface area (Å²) in [5.41, 5.74) is 6.37. The van der Waals surface area contributed by atoms with Crippen LogP contribution in [0.25, 0.3) is 0 Å². The van der Waals surface area contributed by atoms with E-state index in [4.69, 9.17) is 5.73 Å². The van der Waals surface area contributed by atoms with Crippen molar-refractivity contribution in [2.75, 3.05) is 6.61 Å². The highest BCUT2D eigenvalue weighted by Gasteiger charge is 2.11. The van der Waals surface area contributed by atoms with Gasteiger partial charge >= 0.3 is 6.09 Å². The molecular weight excluding hydrogens is 118 g/mol. The molecule has 0 saturated carbocycles. The molecule has 0 aromatic carbocycles. The number of carbonyl (C=O) groups is 1. The summed E-state index contributed by atoms with van der Waals surface area (Å²) < 4.78 is 4.43. The molecule has 0 aromatic rings. The first-order chi connectivity index (χ1) is 3.92.